The number of hydrogen-bond donors (Lipinski definition) is 1. The molecule has 2 aliphatic carbocycles. The van der Waals surface area contributed by atoms with Crippen molar-refractivity contribution in [2.75, 3.05) is 0 Å². The molecule has 2 aliphatic rings. The Bertz CT molecular complexity index is 654. The lowest BCUT2D eigenvalue weighted by molar-refractivity contribution is -0.136. The molecule has 138 valence electrons. The van der Waals surface area contributed by atoms with E-state index in [1.165, 1.54) is 56.9 Å². The number of nitriles is 1. The van der Waals surface area contributed by atoms with Gasteiger partial charge in [0.25, 0.3) is 0 Å². The normalized spacial score (nSPS) is 29.3. The topological polar surface area (TPSA) is 61.1 Å². The van der Waals surface area contributed by atoms with E-state index in [4.69, 9.17) is 10.4 Å². The van der Waals surface area contributed by atoms with Gasteiger partial charge in [0.05, 0.1) is 18.1 Å². The summed E-state index contributed by atoms with van der Waals surface area (Å²) in [6.45, 7) is 0. The quantitative estimate of drug-likeness (QED) is 0.695. The monoisotopic (exact) mass is 351 g/mol. The highest BCUT2D eigenvalue weighted by atomic mass is 16.4. The van der Waals surface area contributed by atoms with Crippen molar-refractivity contribution in [3.63, 3.8) is 0 Å². The zero-order chi connectivity index (χ0) is 18.4. The molecule has 0 saturated heterocycles. The van der Waals surface area contributed by atoms with Crippen LogP contribution in [0, 0.1) is 29.1 Å². The highest BCUT2D eigenvalue weighted by Crippen LogP contribution is 2.44. The lowest BCUT2D eigenvalue weighted by Gasteiger charge is -2.37. The van der Waals surface area contributed by atoms with Gasteiger partial charge < -0.3 is 5.11 Å². The van der Waals surface area contributed by atoms with Crippen LogP contribution in [0.25, 0.3) is 0 Å². The molecule has 0 aromatic heterocycles. The van der Waals surface area contributed by atoms with E-state index in [0.717, 1.165) is 17.4 Å². The number of carboxylic acid groups (broad SMARTS) is 1. The largest absolute Gasteiger partial charge is 0.481 e. The number of carbonyl (C=O) groups is 1. The summed E-state index contributed by atoms with van der Waals surface area (Å²) in [5, 5.41) is 17.6. The number of rotatable bonds is 5. The predicted molar refractivity (Wildman–Crippen MR) is 103 cm³/mol. The molecule has 1 aromatic carbocycles. The molecule has 0 radical (unpaired) electrons. The van der Waals surface area contributed by atoms with Gasteiger partial charge in [-0.15, -0.1) is 0 Å². The zero-order valence-electron chi connectivity index (χ0n) is 15.4. The Kier molecular flexibility index (Phi) is 6.50. The van der Waals surface area contributed by atoms with E-state index >= 15 is 0 Å². The van der Waals surface area contributed by atoms with Crippen molar-refractivity contribution in [2.45, 2.75) is 63.7 Å². The number of hydrogen-bond acceptors (Lipinski definition) is 2. The van der Waals surface area contributed by atoms with Crippen LogP contribution in [-0.4, -0.2) is 11.1 Å². The first-order chi connectivity index (χ1) is 12.7. The maximum absolute atomic E-state index is 10.6. The molecule has 26 heavy (non-hydrogen) atoms. The van der Waals surface area contributed by atoms with Crippen molar-refractivity contribution >= 4 is 5.97 Å². The number of benzene rings is 1. The molecule has 1 aromatic rings. The molecule has 0 atom stereocenters. The van der Waals surface area contributed by atoms with Gasteiger partial charge in [-0.2, -0.15) is 5.26 Å². The summed E-state index contributed by atoms with van der Waals surface area (Å²) in [5.74, 6) is 2.23. The zero-order valence-corrected chi connectivity index (χ0v) is 15.4. The first-order valence-electron chi connectivity index (χ1n) is 10.0. The van der Waals surface area contributed by atoms with Crippen LogP contribution in [0.2, 0.25) is 0 Å². The second-order valence-electron chi connectivity index (χ2n) is 8.05. The summed E-state index contributed by atoms with van der Waals surface area (Å²) in [6.07, 6.45) is 14.4. The van der Waals surface area contributed by atoms with Gasteiger partial charge in [0.1, 0.15) is 0 Å². The van der Waals surface area contributed by atoms with Gasteiger partial charge in [-0.05, 0) is 92.7 Å². The fraction of sp³-hybridized carbons (Fsp3) is 0.565. The smallest absolute Gasteiger partial charge is 0.307 e. The van der Waals surface area contributed by atoms with E-state index < -0.39 is 5.97 Å². The van der Waals surface area contributed by atoms with Crippen molar-refractivity contribution in [3.8, 4) is 6.07 Å². The molecule has 3 nitrogen and oxygen atoms in total. The second-order valence-corrected chi connectivity index (χ2v) is 8.05. The Hall–Kier alpha value is -2.08. The van der Waals surface area contributed by atoms with Gasteiger partial charge in [0.2, 0.25) is 0 Å². The fourth-order valence-corrected chi connectivity index (χ4v) is 4.92. The Morgan fingerprint density at radius 3 is 2.12 bits per heavy atom. The van der Waals surface area contributed by atoms with Gasteiger partial charge in [-0.1, -0.05) is 24.3 Å². The summed E-state index contributed by atoms with van der Waals surface area (Å²) in [5.41, 5.74) is 2.14. The SMILES string of the molecule is N#Cc1ccc(C2CCC(C3CCC(C=CCC(=O)O)CC3)CC2)cc1. The molecule has 2 saturated carbocycles. The van der Waals surface area contributed by atoms with Crippen molar-refractivity contribution in [2.24, 2.45) is 17.8 Å². The van der Waals surface area contributed by atoms with E-state index in [9.17, 15) is 4.79 Å². The molecule has 0 amide bonds. The Labute approximate surface area is 156 Å². The van der Waals surface area contributed by atoms with Crippen molar-refractivity contribution in [1.29, 1.82) is 5.26 Å². The summed E-state index contributed by atoms with van der Waals surface area (Å²) < 4.78 is 0. The number of aliphatic carboxylic acids is 1. The minimum absolute atomic E-state index is 0.152. The van der Waals surface area contributed by atoms with Crippen LogP contribution in [-0.2, 0) is 4.79 Å². The van der Waals surface area contributed by atoms with E-state index in [0.29, 0.717) is 11.8 Å². The third-order valence-corrected chi connectivity index (χ3v) is 6.47. The summed E-state index contributed by atoms with van der Waals surface area (Å²) in [7, 11) is 0. The molecule has 2 fully saturated rings. The van der Waals surface area contributed by atoms with Gasteiger partial charge >= 0.3 is 5.97 Å². The van der Waals surface area contributed by atoms with Gasteiger partial charge in [0.15, 0.2) is 0 Å². The van der Waals surface area contributed by atoms with E-state index in [-0.39, 0.29) is 6.42 Å². The van der Waals surface area contributed by atoms with E-state index in [1.54, 1.807) is 0 Å². The number of nitrogens with zero attached hydrogens (tertiary/aromatic N) is 1. The number of allylic oxidation sites excluding steroid dienone is 1. The molecule has 3 heteroatoms. The Balaban J connectivity index is 1.43. The molecule has 0 bridgehead atoms. The first-order valence-corrected chi connectivity index (χ1v) is 10.0. The van der Waals surface area contributed by atoms with E-state index in [1.807, 2.05) is 18.2 Å². The van der Waals surface area contributed by atoms with Crippen LogP contribution in [0.15, 0.2) is 36.4 Å². The van der Waals surface area contributed by atoms with Crippen molar-refractivity contribution < 1.29 is 9.90 Å². The molecule has 1 N–H and O–H groups in total. The van der Waals surface area contributed by atoms with Crippen LogP contribution in [0.1, 0.15) is 74.8 Å². The van der Waals surface area contributed by atoms with Crippen molar-refractivity contribution in [3.05, 3.63) is 47.5 Å². The summed E-state index contributed by atoms with van der Waals surface area (Å²) >= 11 is 0. The first kappa shape index (κ1) is 18.7. The average molecular weight is 351 g/mol. The third-order valence-electron chi connectivity index (χ3n) is 6.47. The summed E-state index contributed by atoms with van der Waals surface area (Å²) in [4.78, 5) is 10.6. The van der Waals surface area contributed by atoms with Gasteiger partial charge in [0, 0.05) is 0 Å². The molecular weight excluding hydrogens is 322 g/mol. The molecule has 3 rings (SSSR count). The lowest BCUT2D eigenvalue weighted by atomic mass is 9.68. The average Bonchev–Trinajstić information content (AvgIpc) is 2.68. The minimum atomic E-state index is -0.742. The van der Waals surface area contributed by atoms with Crippen LogP contribution in [0.4, 0.5) is 0 Å². The predicted octanol–water partition coefficient (Wildman–Crippen LogP) is 5.67. The Morgan fingerprint density at radius 1 is 1.00 bits per heavy atom. The highest BCUT2D eigenvalue weighted by Gasteiger charge is 2.30. The van der Waals surface area contributed by atoms with Crippen LogP contribution in [0.5, 0.6) is 0 Å². The molecule has 0 spiro atoms. The molecule has 0 heterocycles. The molecular formula is C23H29NO2. The Morgan fingerprint density at radius 2 is 1.58 bits per heavy atom. The number of carboxylic acids is 1. The highest BCUT2D eigenvalue weighted by molar-refractivity contribution is 5.68. The van der Waals surface area contributed by atoms with Crippen molar-refractivity contribution in [1.82, 2.24) is 0 Å². The van der Waals surface area contributed by atoms with Crippen LogP contribution < -0.4 is 0 Å². The van der Waals surface area contributed by atoms with Gasteiger partial charge in [-0.3, -0.25) is 4.79 Å². The summed E-state index contributed by atoms with van der Waals surface area (Å²) in [6, 6.07) is 10.4. The molecule has 0 unspecified atom stereocenters. The van der Waals surface area contributed by atoms with Gasteiger partial charge in [-0.25, -0.2) is 0 Å². The minimum Gasteiger partial charge on any atom is -0.481 e. The maximum Gasteiger partial charge on any atom is 0.307 e. The van der Waals surface area contributed by atoms with Crippen LogP contribution >= 0.6 is 0 Å². The van der Waals surface area contributed by atoms with E-state index in [2.05, 4.69) is 24.3 Å². The second kappa shape index (κ2) is 9.03. The maximum atomic E-state index is 10.6. The standard InChI is InChI=1S/C23H29NO2/c24-16-18-6-10-20(11-7-18)22-14-12-21(13-15-22)19-8-4-17(5-9-19)2-1-3-23(25)26/h1-2,6-7,10-11,17,19,21-22H,3-5,8-9,12-15H2,(H,25,26). The third kappa shape index (κ3) is 4.97. The fourth-order valence-electron chi connectivity index (χ4n) is 4.92. The van der Waals surface area contributed by atoms with Crippen LogP contribution in [0.3, 0.4) is 0 Å². The lowest BCUT2D eigenvalue weighted by Crippen LogP contribution is -2.25. The molecule has 0 aliphatic heterocycles.